The van der Waals surface area contributed by atoms with Crippen LogP contribution in [-0.4, -0.2) is 12.2 Å². The number of thiol groups is 1. The summed E-state index contributed by atoms with van der Waals surface area (Å²) in [6, 6.07) is 11.4. The first-order chi connectivity index (χ1) is 8.19. The molecule has 0 unspecified atom stereocenters. The lowest BCUT2D eigenvalue weighted by atomic mass is 10.2. The zero-order valence-electron chi connectivity index (χ0n) is 9.30. The molecule has 1 rings (SSSR count). The van der Waals surface area contributed by atoms with Crippen LogP contribution in [0.1, 0.15) is 5.56 Å². The summed E-state index contributed by atoms with van der Waals surface area (Å²) in [6.07, 6.45) is 1.77. The Labute approximate surface area is 110 Å². The Morgan fingerprint density at radius 2 is 2.12 bits per heavy atom. The number of thioether (sulfide) groups is 1. The topological polar surface area (TPSA) is 52.9 Å². The number of carbonyl (C=O) groups is 1. The first-order valence-electron chi connectivity index (χ1n) is 4.88. The number of hydrogen-bond acceptors (Lipinski definition) is 4. The van der Waals surface area contributed by atoms with Crippen LogP contribution in [0.4, 0.5) is 0 Å². The van der Waals surface area contributed by atoms with E-state index in [0.29, 0.717) is 10.8 Å². The minimum atomic E-state index is -0.393. The normalized spacial score (nSPS) is 11.4. The van der Waals surface area contributed by atoms with Gasteiger partial charge in [0.15, 0.2) is 0 Å². The number of nitriles is 1. The SMILES string of the molecule is CSC(S)=C(C#N)C(=O)NCc1ccccc1. The maximum absolute atomic E-state index is 11.7. The number of rotatable bonds is 4. The number of nitrogens with one attached hydrogen (secondary N) is 1. The molecule has 1 amide bonds. The van der Waals surface area contributed by atoms with Gasteiger partial charge in [0, 0.05) is 6.54 Å². The molecular formula is C12H12N2OS2. The second-order valence-electron chi connectivity index (χ2n) is 3.16. The van der Waals surface area contributed by atoms with Crippen LogP contribution in [0.2, 0.25) is 0 Å². The molecule has 0 bridgehead atoms. The first kappa shape index (κ1) is 13.7. The molecule has 1 N–H and O–H groups in total. The molecule has 0 radical (unpaired) electrons. The number of nitrogens with zero attached hydrogens (tertiary/aromatic N) is 1. The molecule has 0 aliphatic heterocycles. The van der Waals surface area contributed by atoms with Gasteiger partial charge in [-0.2, -0.15) is 5.26 Å². The monoisotopic (exact) mass is 264 g/mol. The fraction of sp³-hybridized carbons (Fsp3) is 0.167. The van der Waals surface area contributed by atoms with Crippen LogP contribution in [-0.2, 0) is 11.3 Å². The Morgan fingerprint density at radius 1 is 1.47 bits per heavy atom. The van der Waals surface area contributed by atoms with E-state index in [9.17, 15) is 4.79 Å². The summed E-state index contributed by atoms with van der Waals surface area (Å²) in [5, 5.41) is 11.5. The quantitative estimate of drug-likeness (QED) is 0.498. The summed E-state index contributed by atoms with van der Waals surface area (Å²) >= 11 is 5.35. The average molecular weight is 264 g/mol. The second kappa shape index (κ2) is 7.05. The van der Waals surface area contributed by atoms with Crippen molar-refractivity contribution < 1.29 is 4.79 Å². The van der Waals surface area contributed by atoms with Gasteiger partial charge in [-0.05, 0) is 11.8 Å². The predicted molar refractivity (Wildman–Crippen MR) is 73.4 cm³/mol. The zero-order valence-corrected chi connectivity index (χ0v) is 11.0. The summed E-state index contributed by atoms with van der Waals surface area (Å²) in [4.78, 5) is 11.7. The molecule has 1 aromatic rings. The van der Waals surface area contributed by atoms with Crippen molar-refractivity contribution in [3.8, 4) is 6.07 Å². The lowest BCUT2D eigenvalue weighted by molar-refractivity contribution is -0.117. The highest BCUT2D eigenvalue weighted by Crippen LogP contribution is 2.20. The van der Waals surface area contributed by atoms with Crippen LogP contribution >= 0.6 is 24.4 Å². The summed E-state index contributed by atoms with van der Waals surface area (Å²) in [6.45, 7) is 0.403. The van der Waals surface area contributed by atoms with Crippen molar-refractivity contribution in [2.45, 2.75) is 6.54 Å². The standard InChI is InChI=1S/C12H12N2OS2/c1-17-12(16)10(7-13)11(15)14-8-9-5-3-2-4-6-9/h2-6,16H,8H2,1H3,(H,14,15). The van der Waals surface area contributed by atoms with Crippen molar-refractivity contribution in [3.05, 3.63) is 45.7 Å². The summed E-state index contributed by atoms with van der Waals surface area (Å²) in [7, 11) is 0. The number of carbonyl (C=O) groups excluding carboxylic acids is 1. The van der Waals surface area contributed by atoms with Gasteiger partial charge in [-0.25, -0.2) is 0 Å². The van der Waals surface area contributed by atoms with Gasteiger partial charge in [-0.3, -0.25) is 4.79 Å². The molecule has 3 nitrogen and oxygen atoms in total. The third-order valence-corrected chi connectivity index (χ3v) is 3.40. The second-order valence-corrected chi connectivity index (χ2v) is 4.73. The first-order valence-corrected chi connectivity index (χ1v) is 6.55. The van der Waals surface area contributed by atoms with E-state index in [0.717, 1.165) is 5.56 Å². The molecule has 0 saturated carbocycles. The molecule has 0 heterocycles. The maximum atomic E-state index is 11.7. The molecule has 0 saturated heterocycles. The lowest BCUT2D eigenvalue weighted by Crippen LogP contribution is -2.24. The van der Waals surface area contributed by atoms with E-state index in [-0.39, 0.29) is 5.57 Å². The van der Waals surface area contributed by atoms with Crippen molar-refractivity contribution in [3.63, 3.8) is 0 Å². The van der Waals surface area contributed by atoms with E-state index in [4.69, 9.17) is 5.26 Å². The van der Waals surface area contributed by atoms with E-state index < -0.39 is 5.91 Å². The summed E-state index contributed by atoms with van der Waals surface area (Å²) < 4.78 is 0.429. The minimum Gasteiger partial charge on any atom is -0.347 e. The molecule has 88 valence electrons. The van der Waals surface area contributed by atoms with Gasteiger partial charge >= 0.3 is 0 Å². The van der Waals surface area contributed by atoms with Crippen LogP contribution in [0.5, 0.6) is 0 Å². The Kier molecular flexibility index (Phi) is 5.67. The van der Waals surface area contributed by atoms with Crippen molar-refractivity contribution in [1.29, 1.82) is 5.26 Å². The fourth-order valence-electron chi connectivity index (χ4n) is 1.16. The molecule has 0 atom stereocenters. The van der Waals surface area contributed by atoms with Crippen LogP contribution in [0.15, 0.2) is 40.1 Å². The van der Waals surface area contributed by atoms with Gasteiger partial charge in [0.2, 0.25) is 0 Å². The minimum absolute atomic E-state index is 0.0526. The van der Waals surface area contributed by atoms with Crippen LogP contribution < -0.4 is 5.32 Å². The number of hydrogen-bond donors (Lipinski definition) is 2. The van der Waals surface area contributed by atoms with Crippen LogP contribution in [0, 0.1) is 11.3 Å². The Morgan fingerprint density at radius 3 is 2.65 bits per heavy atom. The highest BCUT2D eigenvalue weighted by molar-refractivity contribution is 8.15. The molecule has 0 aliphatic carbocycles. The van der Waals surface area contributed by atoms with E-state index in [2.05, 4.69) is 17.9 Å². The fourth-order valence-corrected chi connectivity index (χ4v) is 1.66. The third kappa shape index (κ3) is 4.17. The predicted octanol–water partition coefficient (Wildman–Crippen LogP) is 2.33. The molecule has 0 aliphatic rings. The highest BCUT2D eigenvalue weighted by Gasteiger charge is 2.12. The zero-order chi connectivity index (χ0) is 12.7. The molecule has 0 fully saturated rings. The summed E-state index contributed by atoms with van der Waals surface area (Å²) in [5.41, 5.74) is 1.04. The van der Waals surface area contributed by atoms with Crippen LogP contribution in [0.3, 0.4) is 0 Å². The van der Waals surface area contributed by atoms with Crippen molar-refractivity contribution >= 4 is 30.3 Å². The van der Waals surface area contributed by atoms with Gasteiger partial charge in [0.25, 0.3) is 5.91 Å². The molecule has 17 heavy (non-hydrogen) atoms. The molecule has 0 aromatic heterocycles. The van der Waals surface area contributed by atoms with E-state index in [1.807, 2.05) is 36.4 Å². The summed E-state index contributed by atoms with van der Waals surface area (Å²) in [5.74, 6) is -0.393. The van der Waals surface area contributed by atoms with Gasteiger partial charge in [0.1, 0.15) is 11.6 Å². The smallest absolute Gasteiger partial charge is 0.263 e. The van der Waals surface area contributed by atoms with Gasteiger partial charge in [-0.1, -0.05) is 30.3 Å². The van der Waals surface area contributed by atoms with Crippen molar-refractivity contribution in [1.82, 2.24) is 5.32 Å². The largest absolute Gasteiger partial charge is 0.347 e. The lowest BCUT2D eigenvalue weighted by Gasteiger charge is -2.05. The van der Waals surface area contributed by atoms with Gasteiger partial charge < -0.3 is 5.32 Å². The molecule has 5 heteroatoms. The highest BCUT2D eigenvalue weighted by atomic mass is 32.2. The molecule has 1 aromatic carbocycles. The number of amides is 1. The number of benzene rings is 1. The van der Waals surface area contributed by atoms with E-state index >= 15 is 0 Å². The van der Waals surface area contributed by atoms with Gasteiger partial charge in [-0.15, -0.1) is 24.4 Å². The van der Waals surface area contributed by atoms with Gasteiger partial charge in [0.05, 0.1) is 4.24 Å². The van der Waals surface area contributed by atoms with Crippen LogP contribution in [0.25, 0.3) is 0 Å². The van der Waals surface area contributed by atoms with Crippen molar-refractivity contribution in [2.75, 3.05) is 6.26 Å². The average Bonchev–Trinajstić information content (AvgIpc) is 2.38. The Balaban J connectivity index is 2.65. The Hall–Kier alpha value is -1.38. The van der Waals surface area contributed by atoms with Crippen molar-refractivity contribution in [2.24, 2.45) is 0 Å². The molecule has 0 spiro atoms. The molecular weight excluding hydrogens is 252 g/mol. The Bertz CT molecular complexity index is 463. The third-order valence-electron chi connectivity index (χ3n) is 2.04. The maximum Gasteiger partial charge on any atom is 0.263 e. The van der Waals surface area contributed by atoms with E-state index in [1.54, 1.807) is 6.26 Å². The van der Waals surface area contributed by atoms with E-state index in [1.165, 1.54) is 11.8 Å².